The molecule has 1 radical (unpaired) electrons. The fourth-order valence-electron chi connectivity index (χ4n) is 0.934. The smallest absolute Gasteiger partial charge is 0.239 e. The zero-order chi connectivity index (χ0) is 8.55. The van der Waals surface area contributed by atoms with E-state index in [4.69, 9.17) is 0 Å². The number of hydrogen-bond donors (Lipinski definition) is 0. The van der Waals surface area contributed by atoms with Crippen molar-refractivity contribution < 1.29 is 8.78 Å². The summed E-state index contributed by atoms with van der Waals surface area (Å²) in [5, 5.41) is 0. The van der Waals surface area contributed by atoms with Crippen LogP contribution < -0.4 is 0 Å². The van der Waals surface area contributed by atoms with Crippen molar-refractivity contribution in [2.75, 3.05) is 0 Å². The van der Waals surface area contributed by atoms with E-state index >= 15 is 0 Å². The van der Waals surface area contributed by atoms with Crippen LogP contribution in [0.2, 0.25) is 0 Å². The van der Waals surface area contributed by atoms with Gasteiger partial charge in [-0.15, -0.1) is 0 Å². The number of rotatable bonds is 0. The monoisotopic (exact) mass is 165 g/mol. The van der Waals surface area contributed by atoms with Gasteiger partial charge in [-0.25, -0.2) is 14.4 Å². The lowest BCUT2D eigenvalue weighted by molar-refractivity contribution is 0.573. The van der Waals surface area contributed by atoms with Crippen molar-refractivity contribution >= 4 is 11.0 Å². The molecule has 0 atom stereocenters. The van der Waals surface area contributed by atoms with E-state index in [0.717, 1.165) is 0 Å². The van der Waals surface area contributed by atoms with Crippen LogP contribution in [0.1, 0.15) is 0 Å². The first-order valence-electron chi connectivity index (χ1n) is 3.27. The fraction of sp³-hybridized carbons (Fsp3) is 0. The van der Waals surface area contributed by atoms with Crippen molar-refractivity contribution in [3.8, 4) is 0 Å². The van der Waals surface area contributed by atoms with E-state index in [0.29, 0.717) is 5.52 Å². The molecule has 1 aromatic carbocycles. The highest BCUT2D eigenvalue weighted by Gasteiger charge is 2.03. The maximum atomic E-state index is 12.9. The molecule has 0 bridgehead atoms. The second-order valence-corrected chi connectivity index (χ2v) is 2.23. The van der Waals surface area contributed by atoms with Gasteiger partial charge in [0.2, 0.25) is 5.95 Å². The van der Waals surface area contributed by atoms with Gasteiger partial charge in [0.15, 0.2) is 5.82 Å². The van der Waals surface area contributed by atoms with Gasteiger partial charge in [-0.2, -0.15) is 4.39 Å². The molecule has 2 nitrogen and oxygen atoms in total. The van der Waals surface area contributed by atoms with Gasteiger partial charge in [0.1, 0.15) is 11.7 Å². The predicted molar refractivity (Wildman–Crippen MR) is 38.3 cm³/mol. The molecule has 0 saturated heterocycles. The zero-order valence-corrected chi connectivity index (χ0v) is 5.88. The third kappa shape index (κ3) is 1.01. The molecule has 59 valence electrons. The number of fused-ring (bicyclic) bond motifs is 1. The number of halogens is 2. The second-order valence-electron chi connectivity index (χ2n) is 2.23. The molecule has 0 aliphatic carbocycles. The van der Waals surface area contributed by atoms with Crippen molar-refractivity contribution in [1.82, 2.24) is 9.97 Å². The van der Waals surface area contributed by atoms with Crippen LogP contribution in [0.4, 0.5) is 8.78 Å². The summed E-state index contributed by atoms with van der Waals surface area (Å²) in [6.45, 7) is 0. The van der Waals surface area contributed by atoms with Crippen LogP contribution in [0.5, 0.6) is 0 Å². The van der Waals surface area contributed by atoms with E-state index in [-0.39, 0.29) is 5.52 Å². The van der Waals surface area contributed by atoms with Crippen LogP contribution in [0.25, 0.3) is 11.0 Å². The summed E-state index contributed by atoms with van der Waals surface area (Å²) in [4.78, 5) is 6.85. The Morgan fingerprint density at radius 1 is 1.25 bits per heavy atom. The van der Waals surface area contributed by atoms with Crippen molar-refractivity contribution in [3.05, 3.63) is 36.2 Å². The molecule has 0 spiro atoms. The molecule has 0 fully saturated rings. The number of benzene rings is 1. The van der Waals surface area contributed by atoms with E-state index in [1.807, 2.05) is 6.20 Å². The highest BCUT2D eigenvalue weighted by molar-refractivity contribution is 5.73. The molecule has 0 aliphatic heterocycles. The Labute approximate surface area is 66.9 Å². The van der Waals surface area contributed by atoms with Gasteiger partial charge < -0.3 is 0 Å². The van der Waals surface area contributed by atoms with Crippen LogP contribution in [-0.4, -0.2) is 9.97 Å². The second kappa shape index (κ2) is 2.48. The molecular weight excluding hydrogens is 162 g/mol. The number of hydrogen-bond acceptors (Lipinski definition) is 2. The lowest BCUT2D eigenvalue weighted by Gasteiger charge is -1.95. The predicted octanol–water partition coefficient (Wildman–Crippen LogP) is 1.71. The molecule has 0 unspecified atom stereocenters. The molecule has 1 aromatic heterocycles. The van der Waals surface area contributed by atoms with E-state index in [1.54, 1.807) is 6.07 Å². The Kier molecular flexibility index (Phi) is 1.46. The zero-order valence-electron chi connectivity index (χ0n) is 5.88. The number of para-hydroxylation sites is 1. The Bertz CT molecular complexity index is 428. The average Bonchev–Trinajstić information content (AvgIpc) is 2.07. The first-order valence-corrected chi connectivity index (χ1v) is 3.27. The standard InChI is InChI=1S/C8H3F2N2/c9-5-2-1-3-6-8(5)12-7(10)4-11-6/h1-3H. The quantitative estimate of drug-likeness (QED) is 0.593. The van der Waals surface area contributed by atoms with E-state index in [9.17, 15) is 8.78 Å². The van der Waals surface area contributed by atoms with Crippen molar-refractivity contribution in [1.29, 1.82) is 0 Å². The molecule has 0 aliphatic rings. The summed E-state index contributed by atoms with van der Waals surface area (Å²) in [5.74, 6) is -1.47. The molecule has 4 heteroatoms. The molecule has 2 aromatic rings. The van der Waals surface area contributed by atoms with Crippen molar-refractivity contribution in [2.45, 2.75) is 0 Å². The minimum atomic E-state index is -0.896. The fourth-order valence-corrected chi connectivity index (χ4v) is 0.934. The summed E-state index contributed by atoms with van der Waals surface area (Å²) < 4.78 is 25.3. The lowest BCUT2D eigenvalue weighted by atomic mass is 10.3. The van der Waals surface area contributed by atoms with Crippen molar-refractivity contribution in [3.63, 3.8) is 0 Å². The van der Waals surface area contributed by atoms with Gasteiger partial charge in [-0.05, 0) is 12.1 Å². The third-order valence-electron chi connectivity index (χ3n) is 1.44. The third-order valence-corrected chi connectivity index (χ3v) is 1.44. The highest BCUT2D eigenvalue weighted by atomic mass is 19.1. The maximum absolute atomic E-state index is 12.9. The van der Waals surface area contributed by atoms with E-state index in [2.05, 4.69) is 9.97 Å². The highest BCUT2D eigenvalue weighted by Crippen LogP contribution is 2.11. The number of nitrogens with zero attached hydrogens (tertiary/aromatic N) is 2. The normalized spacial score (nSPS) is 10.5. The van der Waals surface area contributed by atoms with Gasteiger partial charge in [0, 0.05) is 0 Å². The molecule has 0 amide bonds. The molecule has 2 rings (SSSR count). The van der Waals surface area contributed by atoms with E-state index < -0.39 is 11.8 Å². The Hall–Kier alpha value is -1.58. The largest absolute Gasteiger partial charge is 0.241 e. The summed E-state index contributed by atoms with van der Waals surface area (Å²) in [5.41, 5.74) is 0.241. The first kappa shape index (κ1) is 7.09. The van der Waals surface area contributed by atoms with Gasteiger partial charge in [-0.3, -0.25) is 0 Å². The van der Waals surface area contributed by atoms with Gasteiger partial charge in [0.25, 0.3) is 0 Å². The minimum absolute atomic E-state index is 0.0613. The Balaban J connectivity index is 2.88. The van der Waals surface area contributed by atoms with E-state index in [1.165, 1.54) is 12.1 Å². The topological polar surface area (TPSA) is 25.8 Å². The Morgan fingerprint density at radius 3 is 2.92 bits per heavy atom. The van der Waals surface area contributed by atoms with Gasteiger partial charge >= 0.3 is 0 Å². The van der Waals surface area contributed by atoms with Crippen molar-refractivity contribution in [2.24, 2.45) is 0 Å². The maximum Gasteiger partial charge on any atom is 0.241 e. The summed E-state index contributed by atoms with van der Waals surface area (Å²) in [6, 6.07) is 4.23. The Morgan fingerprint density at radius 2 is 2.08 bits per heavy atom. The summed E-state index contributed by atoms with van der Waals surface area (Å²) in [6.07, 6.45) is 2.01. The van der Waals surface area contributed by atoms with Crippen LogP contribution in [0.3, 0.4) is 0 Å². The SMILES string of the molecule is Fc1[c]nc2cccc(F)c2n1. The molecule has 1 heterocycles. The molecule has 0 N–H and O–H groups in total. The van der Waals surface area contributed by atoms with Gasteiger partial charge in [-0.1, -0.05) is 6.07 Å². The minimum Gasteiger partial charge on any atom is -0.239 e. The summed E-state index contributed by atoms with van der Waals surface area (Å²) in [7, 11) is 0. The first-order chi connectivity index (χ1) is 5.77. The summed E-state index contributed by atoms with van der Waals surface area (Å²) >= 11 is 0. The van der Waals surface area contributed by atoms with Crippen LogP contribution in [-0.2, 0) is 0 Å². The van der Waals surface area contributed by atoms with Crippen LogP contribution in [0.15, 0.2) is 18.2 Å². The molecular formula is C8H3F2N2. The van der Waals surface area contributed by atoms with Crippen LogP contribution >= 0.6 is 0 Å². The number of aromatic nitrogens is 2. The van der Waals surface area contributed by atoms with Gasteiger partial charge in [0.05, 0.1) is 5.52 Å². The molecule has 0 saturated carbocycles. The van der Waals surface area contributed by atoms with Crippen LogP contribution in [0, 0.1) is 18.0 Å². The average molecular weight is 165 g/mol. The lowest BCUT2D eigenvalue weighted by Crippen LogP contribution is -1.90. The molecule has 12 heavy (non-hydrogen) atoms.